The standard InChI is InChI=1S/C24H18N4O2/c1-29-21-8-4-2-6-18(21)20-14-23(26-15-25-20)27-17-12-10-16(11-13-17)24-28-19-7-3-5-9-22(19)30-24/h2-15H,1H3,(H,25,26,27). The van der Waals surface area contributed by atoms with Crippen LogP contribution in [0.1, 0.15) is 0 Å². The van der Waals surface area contributed by atoms with Crippen molar-refractivity contribution in [1.82, 2.24) is 15.0 Å². The van der Waals surface area contributed by atoms with E-state index >= 15 is 0 Å². The van der Waals surface area contributed by atoms with E-state index in [1.54, 1.807) is 7.11 Å². The maximum absolute atomic E-state index is 5.83. The Morgan fingerprint density at radius 3 is 2.50 bits per heavy atom. The summed E-state index contributed by atoms with van der Waals surface area (Å²) in [6, 6.07) is 25.3. The van der Waals surface area contributed by atoms with E-state index in [1.165, 1.54) is 6.33 Å². The second kappa shape index (κ2) is 7.67. The van der Waals surface area contributed by atoms with Gasteiger partial charge in [0.1, 0.15) is 23.4 Å². The van der Waals surface area contributed by atoms with Crippen molar-refractivity contribution in [2.24, 2.45) is 0 Å². The Morgan fingerprint density at radius 2 is 1.67 bits per heavy atom. The van der Waals surface area contributed by atoms with Crippen LogP contribution < -0.4 is 10.1 Å². The quantitative estimate of drug-likeness (QED) is 0.412. The SMILES string of the molecule is COc1ccccc1-c1cc(Nc2ccc(-c3nc4ccccc4o3)cc2)ncn1. The minimum Gasteiger partial charge on any atom is -0.496 e. The molecule has 0 saturated heterocycles. The van der Waals surface area contributed by atoms with Gasteiger partial charge in [-0.25, -0.2) is 15.0 Å². The number of rotatable bonds is 5. The van der Waals surface area contributed by atoms with Gasteiger partial charge in [0, 0.05) is 22.9 Å². The molecule has 6 nitrogen and oxygen atoms in total. The van der Waals surface area contributed by atoms with Gasteiger partial charge in [0.25, 0.3) is 0 Å². The first-order valence-corrected chi connectivity index (χ1v) is 9.48. The van der Waals surface area contributed by atoms with E-state index in [0.717, 1.165) is 39.4 Å². The highest BCUT2D eigenvalue weighted by Crippen LogP contribution is 2.30. The molecule has 2 heterocycles. The van der Waals surface area contributed by atoms with Crippen molar-refractivity contribution in [2.45, 2.75) is 0 Å². The van der Waals surface area contributed by atoms with Crippen LogP contribution in [0.5, 0.6) is 5.75 Å². The zero-order chi connectivity index (χ0) is 20.3. The van der Waals surface area contributed by atoms with Crippen LogP contribution in [0.25, 0.3) is 33.8 Å². The maximum atomic E-state index is 5.83. The van der Waals surface area contributed by atoms with Crippen molar-refractivity contribution in [3.8, 4) is 28.5 Å². The van der Waals surface area contributed by atoms with Crippen LogP contribution in [0, 0.1) is 0 Å². The molecule has 0 saturated carbocycles. The van der Waals surface area contributed by atoms with Crippen LogP contribution in [-0.2, 0) is 0 Å². The molecule has 146 valence electrons. The molecule has 0 aliphatic rings. The van der Waals surface area contributed by atoms with Crippen LogP contribution in [0.3, 0.4) is 0 Å². The molecular weight excluding hydrogens is 376 g/mol. The number of oxazole rings is 1. The number of aromatic nitrogens is 3. The molecule has 1 N–H and O–H groups in total. The molecule has 5 aromatic rings. The fraction of sp³-hybridized carbons (Fsp3) is 0.0417. The van der Waals surface area contributed by atoms with Crippen molar-refractivity contribution in [3.63, 3.8) is 0 Å². The lowest BCUT2D eigenvalue weighted by molar-refractivity contribution is 0.416. The minimum absolute atomic E-state index is 0.600. The number of fused-ring (bicyclic) bond motifs is 1. The van der Waals surface area contributed by atoms with Gasteiger partial charge in [-0.1, -0.05) is 24.3 Å². The molecule has 0 unspecified atom stereocenters. The van der Waals surface area contributed by atoms with Crippen molar-refractivity contribution >= 4 is 22.6 Å². The summed E-state index contributed by atoms with van der Waals surface area (Å²) in [6.45, 7) is 0. The molecule has 0 bridgehead atoms. The average molecular weight is 394 g/mol. The smallest absolute Gasteiger partial charge is 0.227 e. The molecule has 5 rings (SSSR count). The Morgan fingerprint density at radius 1 is 0.867 bits per heavy atom. The summed E-state index contributed by atoms with van der Waals surface area (Å²) in [7, 11) is 1.65. The van der Waals surface area contributed by atoms with Crippen LogP contribution in [0.4, 0.5) is 11.5 Å². The van der Waals surface area contributed by atoms with Gasteiger partial charge < -0.3 is 14.5 Å². The van der Waals surface area contributed by atoms with Crippen molar-refractivity contribution in [1.29, 1.82) is 0 Å². The van der Waals surface area contributed by atoms with Gasteiger partial charge in [-0.2, -0.15) is 0 Å². The maximum Gasteiger partial charge on any atom is 0.227 e. The zero-order valence-corrected chi connectivity index (χ0v) is 16.2. The van der Waals surface area contributed by atoms with Crippen LogP contribution in [0.2, 0.25) is 0 Å². The van der Waals surface area contributed by atoms with Gasteiger partial charge >= 0.3 is 0 Å². The molecule has 6 heteroatoms. The summed E-state index contributed by atoms with van der Waals surface area (Å²) >= 11 is 0. The van der Waals surface area contributed by atoms with E-state index < -0.39 is 0 Å². The summed E-state index contributed by atoms with van der Waals surface area (Å²) in [4.78, 5) is 13.3. The molecule has 0 amide bonds. The lowest BCUT2D eigenvalue weighted by Crippen LogP contribution is -1.96. The molecule has 0 fully saturated rings. The summed E-state index contributed by atoms with van der Waals surface area (Å²) in [6.07, 6.45) is 1.54. The number of hydrogen-bond acceptors (Lipinski definition) is 6. The summed E-state index contributed by atoms with van der Waals surface area (Å²) < 4.78 is 11.3. The van der Waals surface area contributed by atoms with Gasteiger partial charge in [-0.15, -0.1) is 0 Å². The van der Waals surface area contributed by atoms with E-state index in [1.807, 2.05) is 78.9 Å². The fourth-order valence-electron chi connectivity index (χ4n) is 3.27. The summed E-state index contributed by atoms with van der Waals surface area (Å²) in [5.74, 6) is 2.06. The monoisotopic (exact) mass is 394 g/mol. The second-order valence-corrected chi connectivity index (χ2v) is 6.68. The number of nitrogens with zero attached hydrogens (tertiary/aromatic N) is 3. The molecule has 0 aliphatic heterocycles. The second-order valence-electron chi connectivity index (χ2n) is 6.68. The van der Waals surface area contributed by atoms with E-state index in [4.69, 9.17) is 9.15 Å². The zero-order valence-electron chi connectivity index (χ0n) is 16.2. The number of benzene rings is 3. The van der Waals surface area contributed by atoms with E-state index in [0.29, 0.717) is 11.7 Å². The lowest BCUT2D eigenvalue weighted by atomic mass is 10.1. The lowest BCUT2D eigenvalue weighted by Gasteiger charge is -2.10. The number of ether oxygens (including phenoxy) is 1. The average Bonchev–Trinajstić information content (AvgIpc) is 3.24. The number of anilines is 2. The number of nitrogens with one attached hydrogen (secondary N) is 1. The van der Waals surface area contributed by atoms with Crippen LogP contribution >= 0.6 is 0 Å². The fourth-order valence-corrected chi connectivity index (χ4v) is 3.27. The summed E-state index contributed by atoms with van der Waals surface area (Å²) in [5.41, 5.74) is 5.14. The van der Waals surface area contributed by atoms with E-state index in [2.05, 4.69) is 20.3 Å². The molecule has 0 radical (unpaired) electrons. The molecular formula is C24H18N4O2. The summed E-state index contributed by atoms with van der Waals surface area (Å²) in [5, 5.41) is 3.31. The number of methoxy groups -OCH3 is 1. The largest absolute Gasteiger partial charge is 0.496 e. The third-order valence-electron chi connectivity index (χ3n) is 4.75. The van der Waals surface area contributed by atoms with Gasteiger partial charge in [-0.05, 0) is 48.5 Å². The van der Waals surface area contributed by atoms with Gasteiger partial charge in [0.05, 0.1) is 12.8 Å². The molecule has 3 aromatic carbocycles. The highest BCUT2D eigenvalue weighted by atomic mass is 16.5. The first kappa shape index (κ1) is 17.9. The highest BCUT2D eigenvalue weighted by molar-refractivity contribution is 5.76. The molecule has 2 aromatic heterocycles. The minimum atomic E-state index is 0.600. The van der Waals surface area contributed by atoms with E-state index in [-0.39, 0.29) is 0 Å². The molecule has 30 heavy (non-hydrogen) atoms. The Balaban J connectivity index is 1.38. The van der Waals surface area contributed by atoms with Gasteiger partial charge in [-0.3, -0.25) is 0 Å². The highest BCUT2D eigenvalue weighted by Gasteiger charge is 2.09. The number of para-hydroxylation sites is 3. The third kappa shape index (κ3) is 3.46. The van der Waals surface area contributed by atoms with Crippen molar-refractivity contribution < 1.29 is 9.15 Å². The van der Waals surface area contributed by atoms with Crippen molar-refractivity contribution in [2.75, 3.05) is 12.4 Å². The Labute approximate surface area is 173 Å². The predicted molar refractivity (Wildman–Crippen MR) is 117 cm³/mol. The Hall–Kier alpha value is -4.19. The topological polar surface area (TPSA) is 73.1 Å². The first-order chi connectivity index (χ1) is 14.8. The molecule has 0 spiro atoms. The number of hydrogen-bond donors (Lipinski definition) is 1. The van der Waals surface area contributed by atoms with Crippen LogP contribution in [-0.4, -0.2) is 22.1 Å². The van der Waals surface area contributed by atoms with Gasteiger partial charge in [0.2, 0.25) is 5.89 Å². The van der Waals surface area contributed by atoms with Crippen molar-refractivity contribution in [3.05, 3.63) is 85.2 Å². The first-order valence-electron chi connectivity index (χ1n) is 9.48. The molecule has 0 aliphatic carbocycles. The molecule has 0 atom stereocenters. The Bertz CT molecular complexity index is 1280. The Kier molecular flexibility index (Phi) is 4.57. The predicted octanol–water partition coefficient (Wildman–Crippen LogP) is 5.70. The van der Waals surface area contributed by atoms with Crippen LogP contribution in [0.15, 0.2) is 89.6 Å². The normalized spacial score (nSPS) is 10.8. The van der Waals surface area contributed by atoms with Gasteiger partial charge in [0.15, 0.2) is 5.58 Å². The van der Waals surface area contributed by atoms with E-state index in [9.17, 15) is 0 Å². The third-order valence-corrected chi connectivity index (χ3v) is 4.75.